The van der Waals surface area contributed by atoms with Crippen molar-refractivity contribution in [2.24, 2.45) is 4.99 Å². The summed E-state index contributed by atoms with van der Waals surface area (Å²) in [5, 5.41) is 18.0. The van der Waals surface area contributed by atoms with Crippen molar-refractivity contribution >= 4 is 34.8 Å². The van der Waals surface area contributed by atoms with Crippen LogP contribution in [0.15, 0.2) is 41.8 Å². The maximum absolute atomic E-state index is 11.7. The Morgan fingerprint density at radius 1 is 1.18 bits per heavy atom. The second-order valence-corrected chi connectivity index (χ2v) is 9.06. The van der Waals surface area contributed by atoms with Gasteiger partial charge >= 0.3 is 0 Å². The van der Waals surface area contributed by atoms with E-state index in [0.717, 1.165) is 17.8 Å². The van der Waals surface area contributed by atoms with Crippen molar-refractivity contribution in [2.75, 3.05) is 34.8 Å². The van der Waals surface area contributed by atoms with Crippen molar-refractivity contribution in [3.63, 3.8) is 0 Å². The molecule has 2 fully saturated rings. The van der Waals surface area contributed by atoms with E-state index >= 15 is 0 Å². The number of carbonyl (C=O) groups is 1. The van der Waals surface area contributed by atoms with Gasteiger partial charge in [-0.05, 0) is 38.0 Å². The zero-order valence-corrected chi connectivity index (χ0v) is 18.6. The molecule has 3 aliphatic heterocycles. The molecule has 1 saturated heterocycles. The van der Waals surface area contributed by atoms with Gasteiger partial charge in [0.15, 0.2) is 17.3 Å². The van der Waals surface area contributed by atoms with Crippen LogP contribution in [0.4, 0.5) is 17.3 Å². The Kier molecular flexibility index (Phi) is 4.67. The number of amides is 1. The lowest BCUT2D eigenvalue weighted by molar-refractivity contribution is -0.120. The first-order valence-corrected chi connectivity index (χ1v) is 11.5. The lowest BCUT2D eigenvalue weighted by Gasteiger charge is -2.40. The van der Waals surface area contributed by atoms with Crippen LogP contribution in [0.1, 0.15) is 38.2 Å². The molecule has 2 aromatic heterocycles. The predicted octanol–water partition coefficient (Wildman–Crippen LogP) is 1.70. The Morgan fingerprint density at radius 3 is 2.85 bits per heavy atom. The van der Waals surface area contributed by atoms with Crippen molar-refractivity contribution in [1.29, 1.82) is 0 Å². The fourth-order valence-electron chi connectivity index (χ4n) is 5.44. The zero-order chi connectivity index (χ0) is 22.4. The number of aliphatic imine (C=N–C) groups is 1. The van der Waals surface area contributed by atoms with E-state index in [9.17, 15) is 4.79 Å². The fourth-order valence-corrected chi connectivity index (χ4v) is 5.44. The van der Waals surface area contributed by atoms with Gasteiger partial charge in [-0.2, -0.15) is 0 Å². The Morgan fingerprint density at radius 2 is 2.06 bits per heavy atom. The summed E-state index contributed by atoms with van der Waals surface area (Å²) >= 11 is 0. The SMILES string of the molecule is CC12N=C(Nc3ccc(N4CCNC(=O)C4)nn3)NC=C1c1ccncc1N2C1CCCC1. The van der Waals surface area contributed by atoms with Crippen LogP contribution in [0.3, 0.4) is 0 Å². The highest BCUT2D eigenvalue weighted by atomic mass is 16.2. The average Bonchev–Trinajstić information content (AvgIpc) is 3.42. The highest BCUT2D eigenvalue weighted by Gasteiger charge is 2.49. The molecule has 0 radical (unpaired) electrons. The van der Waals surface area contributed by atoms with E-state index in [1.807, 2.05) is 35.6 Å². The summed E-state index contributed by atoms with van der Waals surface area (Å²) in [4.78, 5) is 25.6. The molecule has 1 unspecified atom stereocenters. The number of aromatic nitrogens is 3. The maximum Gasteiger partial charge on any atom is 0.239 e. The highest BCUT2D eigenvalue weighted by molar-refractivity contribution is 6.01. The molecule has 6 rings (SSSR count). The van der Waals surface area contributed by atoms with Gasteiger partial charge in [0, 0.05) is 42.7 Å². The Bertz CT molecular complexity index is 1140. The molecule has 1 aliphatic carbocycles. The molecular formula is C23H27N9O. The van der Waals surface area contributed by atoms with Gasteiger partial charge in [0.1, 0.15) is 0 Å². The minimum atomic E-state index is -0.511. The minimum Gasteiger partial charge on any atom is -0.353 e. The summed E-state index contributed by atoms with van der Waals surface area (Å²) in [6.45, 7) is 3.81. The monoisotopic (exact) mass is 445 g/mol. The summed E-state index contributed by atoms with van der Waals surface area (Å²) in [5.41, 5.74) is 2.98. The first-order chi connectivity index (χ1) is 16.1. The lowest BCUT2D eigenvalue weighted by Crippen LogP contribution is -2.51. The predicted molar refractivity (Wildman–Crippen MR) is 127 cm³/mol. The number of piperazine rings is 1. The largest absolute Gasteiger partial charge is 0.353 e. The molecule has 1 amide bonds. The number of pyridine rings is 1. The van der Waals surface area contributed by atoms with Gasteiger partial charge in [0.25, 0.3) is 0 Å². The van der Waals surface area contributed by atoms with Gasteiger partial charge in [0.05, 0.1) is 18.4 Å². The third-order valence-corrected chi connectivity index (χ3v) is 6.96. The van der Waals surface area contributed by atoms with Gasteiger partial charge in [0.2, 0.25) is 11.9 Å². The number of rotatable bonds is 3. The summed E-state index contributed by atoms with van der Waals surface area (Å²) in [6.07, 6.45) is 10.7. The lowest BCUT2D eigenvalue weighted by atomic mass is 9.98. The van der Waals surface area contributed by atoms with Gasteiger partial charge < -0.3 is 25.8 Å². The topological polar surface area (TPSA) is 111 Å². The first kappa shape index (κ1) is 20.0. The Balaban J connectivity index is 1.26. The van der Waals surface area contributed by atoms with Crippen LogP contribution in [-0.2, 0) is 4.79 Å². The van der Waals surface area contributed by atoms with E-state index in [2.05, 4.69) is 49.0 Å². The molecule has 1 saturated carbocycles. The second-order valence-electron chi connectivity index (χ2n) is 9.06. The van der Waals surface area contributed by atoms with E-state index in [0.29, 0.717) is 36.7 Å². The number of fused-ring (bicyclic) bond motifs is 3. The van der Waals surface area contributed by atoms with E-state index in [4.69, 9.17) is 4.99 Å². The third-order valence-electron chi connectivity index (χ3n) is 6.96. The van der Waals surface area contributed by atoms with Crippen molar-refractivity contribution in [1.82, 2.24) is 25.8 Å². The molecule has 33 heavy (non-hydrogen) atoms. The van der Waals surface area contributed by atoms with Crippen LogP contribution in [0.5, 0.6) is 0 Å². The minimum absolute atomic E-state index is 0.00132. The van der Waals surface area contributed by atoms with Gasteiger partial charge in [-0.15, -0.1) is 10.2 Å². The molecular weight excluding hydrogens is 418 g/mol. The third kappa shape index (κ3) is 3.37. The molecule has 170 valence electrons. The van der Waals surface area contributed by atoms with E-state index in [-0.39, 0.29) is 5.91 Å². The molecule has 2 aromatic rings. The highest BCUT2D eigenvalue weighted by Crippen LogP contribution is 2.51. The fraction of sp³-hybridized carbons (Fsp3) is 0.435. The van der Waals surface area contributed by atoms with Crippen LogP contribution in [0, 0.1) is 0 Å². The maximum atomic E-state index is 11.7. The summed E-state index contributed by atoms with van der Waals surface area (Å²) in [5.74, 6) is 1.91. The van der Waals surface area contributed by atoms with E-state index in [1.54, 1.807) is 0 Å². The molecule has 0 bridgehead atoms. The quantitative estimate of drug-likeness (QED) is 0.655. The smallest absolute Gasteiger partial charge is 0.239 e. The number of hydrogen-bond donors (Lipinski definition) is 3. The van der Waals surface area contributed by atoms with Gasteiger partial charge in [-0.3, -0.25) is 9.78 Å². The standard InChI is InChI=1S/C23H27N9O/c1-23-17(16-8-9-24-13-18(16)32(23)15-4-2-3-5-15)12-26-22(28-23)27-19-6-7-20(30-29-19)31-11-10-25-21(33)14-31/h6-9,12-13,15H,2-5,10-11,14H2,1H3,(H,25,33)(H2,26,27,28,29). The average molecular weight is 446 g/mol. The number of nitrogens with one attached hydrogen (secondary N) is 3. The van der Waals surface area contributed by atoms with Crippen LogP contribution in [0.25, 0.3) is 5.57 Å². The molecule has 3 N–H and O–H groups in total. The van der Waals surface area contributed by atoms with Crippen molar-refractivity contribution in [3.05, 3.63) is 42.4 Å². The van der Waals surface area contributed by atoms with Crippen LogP contribution >= 0.6 is 0 Å². The summed E-state index contributed by atoms with van der Waals surface area (Å²) in [6, 6.07) is 6.27. The zero-order valence-electron chi connectivity index (χ0n) is 18.6. The number of hydrogen-bond acceptors (Lipinski definition) is 9. The second kappa shape index (κ2) is 7.72. The molecule has 10 nitrogen and oxygen atoms in total. The van der Waals surface area contributed by atoms with Crippen LogP contribution < -0.4 is 25.8 Å². The molecule has 1 atom stereocenters. The van der Waals surface area contributed by atoms with Crippen molar-refractivity contribution < 1.29 is 4.79 Å². The Hall–Kier alpha value is -3.69. The number of anilines is 3. The first-order valence-electron chi connectivity index (χ1n) is 11.5. The summed E-state index contributed by atoms with van der Waals surface area (Å²) < 4.78 is 0. The van der Waals surface area contributed by atoms with Crippen LogP contribution in [-0.4, -0.2) is 58.4 Å². The van der Waals surface area contributed by atoms with Crippen LogP contribution in [0.2, 0.25) is 0 Å². The number of carbonyl (C=O) groups excluding carboxylic acids is 1. The number of guanidine groups is 1. The molecule has 0 spiro atoms. The molecule has 4 aliphatic rings. The number of nitrogens with zero attached hydrogens (tertiary/aromatic N) is 6. The molecule has 10 heteroatoms. The molecule has 0 aromatic carbocycles. The summed E-state index contributed by atoms with van der Waals surface area (Å²) in [7, 11) is 0. The van der Waals surface area contributed by atoms with Crippen molar-refractivity contribution in [3.8, 4) is 0 Å². The Labute approximate surface area is 192 Å². The van der Waals surface area contributed by atoms with Gasteiger partial charge in [-0.25, -0.2) is 4.99 Å². The van der Waals surface area contributed by atoms with E-state index < -0.39 is 5.66 Å². The normalized spacial score (nSPS) is 24.5. The molecule has 5 heterocycles. The van der Waals surface area contributed by atoms with Crippen molar-refractivity contribution in [2.45, 2.75) is 44.3 Å². The van der Waals surface area contributed by atoms with E-state index in [1.165, 1.54) is 31.2 Å². The van der Waals surface area contributed by atoms with Gasteiger partial charge in [-0.1, -0.05) is 12.8 Å².